The molecule has 14 nitrogen and oxygen atoms in total. The summed E-state index contributed by atoms with van der Waals surface area (Å²) in [5, 5.41) is 90.8. The van der Waals surface area contributed by atoms with Gasteiger partial charge in [0.05, 0.1) is 11.1 Å². The van der Waals surface area contributed by atoms with Crippen LogP contribution in [0.2, 0.25) is 0 Å². The maximum atomic E-state index is 13.0. The van der Waals surface area contributed by atoms with Gasteiger partial charge in [0.2, 0.25) is 11.5 Å². The summed E-state index contributed by atoms with van der Waals surface area (Å²) in [4.78, 5) is 25.9. The zero-order valence-electron chi connectivity index (χ0n) is 16.8. The molecule has 2 heterocycles. The molecule has 9 N–H and O–H groups in total. The number of hydrogen-bond acceptors (Lipinski definition) is 14. The third kappa shape index (κ3) is 3.45. The van der Waals surface area contributed by atoms with Crippen LogP contribution in [0.5, 0.6) is 34.5 Å². The van der Waals surface area contributed by atoms with Crippen LogP contribution in [0.4, 0.5) is 0 Å². The van der Waals surface area contributed by atoms with Crippen molar-refractivity contribution in [3.8, 4) is 45.6 Å². The number of phenolic OH excluding ortho intramolecular Hbond substituents is 6. The quantitative estimate of drug-likeness (QED) is 0.157. The van der Waals surface area contributed by atoms with Gasteiger partial charge in [0.15, 0.2) is 35.4 Å². The van der Waals surface area contributed by atoms with Crippen LogP contribution >= 0.6 is 0 Å². The van der Waals surface area contributed by atoms with Crippen molar-refractivity contribution in [3.05, 3.63) is 23.3 Å². The summed E-state index contributed by atoms with van der Waals surface area (Å²) in [6, 6.07) is 1.23. The molecule has 0 amide bonds. The van der Waals surface area contributed by atoms with Crippen LogP contribution in [0.25, 0.3) is 11.1 Å². The molecule has 2 aromatic rings. The molecule has 0 aromatic heterocycles. The highest BCUT2D eigenvalue weighted by Crippen LogP contribution is 2.52. The molecule has 2 aliphatic rings. The molecular weight excluding hydrogens is 464 g/mol. The summed E-state index contributed by atoms with van der Waals surface area (Å²) < 4.78 is 15.3. The summed E-state index contributed by atoms with van der Waals surface area (Å²) in [6.07, 6.45) is -9.10. The van der Waals surface area contributed by atoms with Crippen molar-refractivity contribution in [1.29, 1.82) is 0 Å². The van der Waals surface area contributed by atoms with E-state index in [2.05, 4.69) is 0 Å². The molecule has 5 atom stereocenters. The third-order valence-corrected chi connectivity index (χ3v) is 5.48. The van der Waals surface area contributed by atoms with Gasteiger partial charge in [0.25, 0.3) is 0 Å². The second kappa shape index (κ2) is 8.11. The molecule has 34 heavy (non-hydrogen) atoms. The molecule has 2 aliphatic heterocycles. The number of hydrogen-bond donors (Lipinski definition) is 9. The minimum Gasteiger partial charge on any atom is -0.504 e. The van der Waals surface area contributed by atoms with Crippen molar-refractivity contribution in [2.75, 3.05) is 6.61 Å². The standard InChI is InChI=1S/C20H18O14/c21-6-1-4-9(13(25)11(6)23)10-5(2-7(22)12(24)14(10)26)19(30)34-17-8(3-32-18(4)29)33-20(31)16(28)15(17)27/h1-2,8,15-17,20-28,31H,3H2. The lowest BCUT2D eigenvalue weighted by Gasteiger charge is -2.39. The fraction of sp³-hybridized carbons (Fsp3) is 0.300. The van der Waals surface area contributed by atoms with E-state index >= 15 is 0 Å². The number of benzene rings is 2. The monoisotopic (exact) mass is 482 g/mol. The SMILES string of the molecule is O=C1OCC2OC(O)C(O)C(O)C2OC(=O)c2cc(O)c(O)c(O)c2-c2c1cc(O)c(O)c2O. The number of cyclic esters (lactones) is 1. The summed E-state index contributed by atoms with van der Waals surface area (Å²) in [5.74, 6) is -9.53. The number of carbonyl (C=O) groups is 2. The minimum atomic E-state index is -1.95. The Morgan fingerprint density at radius 3 is 1.74 bits per heavy atom. The molecule has 0 spiro atoms. The molecule has 0 saturated carbocycles. The lowest BCUT2D eigenvalue weighted by molar-refractivity contribution is -0.285. The highest BCUT2D eigenvalue weighted by Gasteiger charge is 2.47. The van der Waals surface area contributed by atoms with Gasteiger partial charge in [-0.2, -0.15) is 0 Å². The Kier molecular flexibility index (Phi) is 5.53. The number of aliphatic hydroxyl groups excluding tert-OH is 3. The van der Waals surface area contributed by atoms with E-state index in [-0.39, 0.29) is 0 Å². The van der Waals surface area contributed by atoms with E-state index in [9.17, 15) is 55.5 Å². The molecule has 0 bridgehead atoms. The van der Waals surface area contributed by atoms with Crippen molar-refractivity contribution in [3.63, 3.8) is 0 Å². The van der Waals surface area contributed by atoms with Crippen LogP contribution in [0, 0.1) is 0 Å². The molecule has 2 aromatic carbocycles. The minimum absolute atomic E-state index is 0.597. The third-order valence-electron chi connectivity index (χ3n) is 5.48. The van der Waals surface area contributed by atoms with Gasteiger partial charge in [0, 0.05) is 11.1 Å². The number of phenols is 6. The van der Waals surface area contributed by atoms with Gasteiger partial charge in [-0.1, -0.05) is 0 Å². The lowest BCUT2D eigenvalue weighted by atomic mass is 9.92. The zero-order chi connectivity index (χ0) is 25.1. The molecule has 5 unspecified atom stereocenters. The van der Waals surface area contributed by atoms with Crippen LogP contribution < -0.4 is 0 Å². The van der Waals surface area contributed by atoms with Gasteiger partial charge < -0.3 is 60.2 Å². The topological polar surface area (TPSA) is 244 Å². The van der Waals surface area contributed by atoms with E-state index in [1.807, 2.05) is 0 Å². The molecule has 4 rings (SSSR count). The van der Waals surface area contributed by atoms with E-state index in [1.54, 1.807) is 0 Å². The van der Waals surface area contributed by atoms with Gasteiger partial charge in [-0.3, -0.25) is 0 Å². The average Bonchev–Trinajstić information content (AvgIpc) is 2.81. The van der Waals surface area contributed by atoms with Crippen LogP contribution in [0.1, 0.15) is 20.7 Å². The van der Waals surface area contributed by atoms with E-state index in [0.717, 1.165) is 0 Å². The van der Waals surface area contributed by atoms with E-state index < -0.39 is 106 Å². The Morgan fingerprint density at radius 2 is 1.21 bits per heavy atom. The maximum absolute atomic E-state index is 13.0. The Morgan fingerprint density at radius 1 is 0.706 bits per heavy atom. The molecule has 1 fully saturated rings. The van der Waals surface area contributed by atoms with E-state index in [1.165, 1.54) is 0 Å². The van der Waals surface area contributed by atoms with Crippen molar-refractivity contribution >= 4 is 11.9 Å². The van der Waals surface area contributed by atoms with Crippen molar-refractivity contribution in [2.24, 2.45) is 0 Å². The van der Waals surface area contributed by atoms with E-state index in [0.29, 0.717) is 12.1 Å². The molecule has 182 valence electrons. The van der Waals surface area contributed by atoms with Crippen molar-refractivity contribution in [2.45, 2.75) is 30.7 Å². The lowest BCUT2D eigenvalue weighted by Crippen LogP contribution is -2.60. The first-order valence-electron chi connectivity index (χ1n) is 9.57. The summed E-state index contributed by atoms with van der Waals surface area (Å²) >= 11 is 0. The predicted octanol–water partition coefficient (Wildman–Crippen LogP) is -1.28. The Balaban J connectivity index is 2.02. The number of fused-ring (bicyclic) bond motifs is 4. The molecule has 14 heteroatoms. The normalized spacial score (nSPS) is 26.9. The average molecular weight is 482 g/mol. The van der Waals surface area contributed by atoms with E-state index in [4.69, 9.17) is 14.2 Å². The predicted molar refractivity (Wildman–Crippen MR) is 104 cm³/mol. The number of esters is 2. The highest BCUT2D eigenvalue weighted by molar-refractivity contribution is 6.08. The van der Waals surface area contributed by atoms with Gasteiger partial charge in [-0.05, 0) is 12.1 Å². The van der Waals surface area contributed by atoms with Crippen molar-refractivity contribution < 1.29 is 69.8 Å². The number of aliphatic hydroxyl groups is 3. The highest BCUT2D eigenvalue weighted by atomic mass is 16.7. The molecular formula is C20H18O14. The van der Waals surface area contributed by atoms with Gasteiger partial charge in [0.1, 0.15) is 24.9 Å². The Hall–Kier alpha value is -3.98. The first-order chi connectivity index (χ1) is 15.9. The summed E-state index contributed by atoms with van der Waals surface area (Å²) in [7, 11) is 0. The molecule has 0 radical (unpaired) electrons. The Bertz CT molecular complexity index is 1190. The zero-order valence-corrected chi connectivity index (χ0v) is 16.8. The smallest absolute Gasteiger partial charge is 0.339 e. The van der Waals surface area contributed by atoms with Crippen LogP contribution in [-0.4, -0.2) is 95.2 Å². The first-order valence-corrected chi connectivity index (χ1v) is 9.57. The number of carbonyl (C=O) groups excluding carboxylic acids is 2. The maximum Gasteiger partial charge on any atom is 0.339 e. The van der Waals surface area contributed by atoms with Gasteiger partial charge in [-0.25, -0.2) is 9.59 Å². The van der Waals surface area contributed by atoms with Crippen LogP contribution in [0.15, 0.2) is 12.1 Å². The fourth-order valence-corrected chi connectivity index (χ4v) is 3.74. The number of ether oxygens (including phenoxy) is 3. The molecule has 0 aliphatic carbocycles. The van der Waals surface area contributed by atoms with Crippen LogP contribution in [0.3, 0.4) is 0 Å². The van der Waals surface area contributed by atoms with Gasteiger partial charge >= 0.3 is 11.9 Å². The molecule has 1 saturated heterocycles. The number of aromatic hydroxyl groups is 6. The number of rotatable bonds is 0. The second-order valence-electron chi connectivity index (χ2n) is 7.55. The fourth-order valence-electron chi connectivity index (χ4n) is 3.74. The largest absolute Gasteiger partial charge is 0.504 e. The summed E-state index contributed by atoms with van der Waals surface area (Å²) in [5.41, 5.74) is -3.09. The second-order valence-corrected chi connectivity index (χ2v) is 7.55. The van der Waals surface area contributed by atoms with Crippen molar-refractivity contribution in [1.82, 2.24) is 0 Å². The van der Waals surface area contributed by atoms with Gasteiger partial charge in [-0.15, -0.1) is 0 Å². The Labute approximate surface area is 188 Å². The van der Waals surface area contributed by atoms with Crippen LogP contribution in [-0.2, 0) is 14.2 Å². The first kappa shape index (κ1) is 23.2. The summed E-state index contributed by atoms with van der Waals surface area (Å²) in [6.45, 7) is -0.779.